The summed E-state index contributed by atoms with van der Waals surface area (Å²) >= 11 is 0. The van der Waals surface area contributed by atoms with E-state index in [9.17, 15) is 9.59 Å². The third-order valence-corrected chi connectivity index (χ3v) is 6.50. The highest BCUT2D eigenvalue weighted by atomic mass is 16.5. The number of hydrogen-bond acceptors (Lipinski definition) is 6. The predicted octanol–water partition coefficient (Wildman–Crippen LogP) is 1.35. The van der Waals surface area contributed by atoms with E-state index >= 15 is 0 Å². The highest BCUT2D eigenvalue weighted by molar-refractivity contribution is 5.98. The van der Waals surface area contributed by atoms with Crippen LogP contribution in [0.1, 0.15) is 42.5 Å². The lowest BCUT2D eigenvalue weighted by molar-refractivity contribution is -0.136. The summed E-state index contributed by atoms with van der Waals surface area (Å²) in [7, 11) is 1.77. The van der Waals surface area contributed by atoms with Crippen LogP contribution in [0.4, 0.5) is 5.82 Å². The van der Waals surface area contributed by atoms with Crippen molar-refractivity contribution in [2.45, 2.75) is 44.2 Å². The van der Waals surface area contributed by atoms with Crippen molar-refractivity contribution in [3.05, 3.63) is 23.9 Å². The Labute approximate surface area is 178 Å². The van der Waals surface area contributed by atoms with Gasteiger partial charge in [0, 0.05) is 57.9 Å². The second-order valence-corrected chi connectivity index (χ2v) is 8.58. The van der Waals surface area contributed by atoms with E-state index in [4.69, 9.17) is 4.74 Å². The van der Waals surface area contributed by atoms with Crippen LogP contribution in [-0.2, 0) is 9.53 Å². The number of carbonyl (C=O) groups excluding carboxylic acids is 2. The van der Waals surface area contributed by atoms with Crippen molar-refractivity contribution >= 4 is 17.6 Å². The number of rotatable bonds is 8. The second-order valence-electron chi connectivity index (χ2n) is 8.58. The first-order chi connectivity index (χ1) is 14.7. The number of aromatic nitrogens is 1. The number of morpholine rings is 1. The average Bonchev–Trinajstić information content (AvgIpc) is 3.54. The lowest BCUT2D eigenvalue weighted by atomic mass is 10.1. The Morgan fingerprint density at radius 1 is 1.17 bits per heavy atom. The Morgan fingerprint density at radius 2 is 1.93 bits per heavy atom. The summed E-state index contributed by atoms with van der Waals surface area (Å²) < 4.78 is 5.37. The van der Waals surface area contributed by atoms with E-state index in [-0.39, 0.29) is 23.9 Å². The number of amides is 2. The third-order valence-electron chi connectivity index (χ3n) is 6.50. The molecule has 4 rings (SSSR count). The Balaban J connectivity index is 1.35. The molecule has 1 aliphatic carbocycles. The van der Waals surface area contributed by atoms with Crippen molar-refractivity contribution in [3.63, 3.8) is 0 Å². The number of pyridine rings is 1. The molecule has 3 aliphatic rings. The zero-order valence-corrected chi connectivity index (χ0v) is 17.8. The number of nitrogens with one attached hydrogen (secondary N) is 2. The van der Waals surface area contributed by atoms with Crippen LogP contribution in [0.25, 0.3) is 0 Å². The number of carbonyl (C=O) groups is 2. The standard InChI is InChI=1S/C22H33N5O3/c1-23-21-19(3-2-8-24-21)22(29)25-14-18-7-6-17(27(18)15-16-4-5-16)13-20(28)26-9-11-30-12-10-26/h2-3,8,16-18H,4-7,9-15H2,1H3,(H,23,24)(H,25,29)/t17-,18+/m1/s1. The largest absolute Gasteiger partial charge is 0.378 e. The van der Waals surface area contributed by atoms with Gasteiger partial charge in [-0.15, -0.1) is 0 Å². The highest BCUT2D eigenvalue weighted by Gasteiger charge is 2.38. The normalized spacial score (nSPS) is 24.6. The maximum atomic E-state index is 12.8. The van der Waals surface area contributed by atoms with Crippen molar-refractivity contribution in [2.24, 2.45) is 5.92 Å². The molecule has 0 unspecified atom stereocenters. The Kier molecular flexibility index (Phi) is 6.84. The fraction of sp³-hybridized carbons (Fsp3) is 0.682. The molecular weight excluding hydrogens is 382 g/mol. The molecule has 3 fully saturated rings. The molecule has 2 atom stereocenters. The minimum Gasteiger partial charge on any atom is -0.378 e. The summed E-state index contributed by atoms with van der Waals surface area (Å²) in [4.78, 5) is 34.2. The van der Waals surface area contributed by atoms with Gasteiger partial charge in [0.05, 0.1) is 18.8 Å². The molecule has 3 heterocycles. The topological polar surface area (TPSA) is 86.8 Å². The number of hydrogen-bond donors (Lipinski definition) is 2. The van der Waals surface area contributed by atoms with E-state index in [0.29, 0.717) is 50.7 Å². The van der Waals surface area contributed by atoms with Crippen LogP contribution in [0.2, 0.25) is 0 Å². The molecule has 164 valence electrons. The van der Waals surface area contributed by atoms with Crippen LogP contribution in [0, 0.1) is 5.92 Å². The van der Waals surface area contributed by atoms with E-state index in [1.165, 1.54) is 12.8 Å². The monoisotopic (exact) mass is 415 g/mol. The number of nitrogens with zero attached hydrogens (tertiary/aromatic N) is 3. The van der Waals surface area contributed by atoms with Crippen LogP contribution in [0.3, 0.4) is 0 Å². The van der Waals surface area contributed by atoms with Crippen LogP contribution >= 0.6 is 0 Å². The summed E-state index contributed by atoms with van der Waals surface area (Å²) in [5, 5.41) is 6.08. The summed E-state index contributed by atoms with van der Waals surface area (Å²) in [5.41, 5.74) is 0.561. The fourth-order valence-corrected chi connectivity index (χ4v) is 4.59. The number of likely N-dealkylation sites (tertiary alicyclic amines) is 1. The van der Waals surface area contributed by atoms with Crippen LogP contribution < -0.4 is 10.6 Å². The van der Waals surface area contributed by atoms with Crippen molar-refractivity contribution < 1.29 is 14.3 Å². The maximum Gasteiger partial charge on any atom is 0.255 e. The first-order valence-electron chi connectivity index (χ1n) is 11.2. The van der Waals surface area contributed by atoms with Crippen LogP contribution in [0.15, 0.2) is 18.3 Å². The zero-order valence-electron chi connectivity index (χ0n) is 17.8. The van der Waals surface area contributed by atoms with Gasteiger partial charge in [-0.25, -0.2) is 4.98 Å². The molecule has 2 amide bonds. The summed E-state index contributed by atoms with van der Waals surface area (Å²) in [6.07, 6.45) is 6.83. The lowest BCUT2D eigenvalue weighted by Crippen LogP contribution is -2.47. The zero-order chi connectivity index (χ0) is 20.9. The molecule has 8 heteroatoms. The van der Waals surface area contributed by atoms with Gasteiger partial charge in [0.15, 0.2) is 0 Å². The smallest absolute Gasteiger partial charge is 0.255 e. The molecule has 1 saturated carbocycles. The van der Waals surface area contributed by atoms with Gasteiger partial charge in [-0.3, -0.25) is 14.5 Å². The second kappa shape index (κ2) is 9.75. The van der Waals surface area contributed by atoms with Crippen molar-refractivity contribution in [3.8, 4) is 0 Å². The maximum absolute atomic E-state index is 12.8. The van der Waals surface area contributed by atoms with E-state index < -0.39 is 0 Å². The lowest BCUT2D eigenvalue weighted by Gasteiger charge is -2.33. The number of ether oxygens (including phenoxy) is 1. The van der Waals surface area contributed by atoms with Gasteiger partial charge < -0.3 is 20.3 Å². The molecule has 8 nitrogen and oxygen atoms in total. The highest BCUT2D eigenvalue weighted by Crippen LogP contribution is 2.35. The van der Waals surface area contributed by atoms with Gasteiger partial charge in [0.2, 0.25) is 5.91 Å². The molecule has 0 bridgehead atoms. The molecular formula is C22H33N5O3. The van der Waals surface area contributed by atoms with Gasteiger partial charge in [-0.2, -0.15) is 0 Å². The van der Waals surface area contributed by atoms with Crippen LogP contribution in [0.5, 0.6) is 0 Å². The average molecular weight is 416 g/mol. The molecule has 2 saturated heterocycles. The van der Waals surface area contributed by atoms with E-state index in [1.54, 1.807) is 25.4 Å². The van der Waals surface area contributed by atoms with Gasteiger partial charge in [0.25, 0.3) is 5.91 Å². The molecule has 1 aromatic rings. The quantitative estimate of drug-likeness (QED) is 0.667. The van der Waals surface area contributed by atoms with E-state index in [0.717, 1.165) is 25.3 Å². The van der Waals surface area contributed by atoms with Crippen molar-refractivity contribution in [2.75, 3.05) is 51.8 Å². The molecule has 0 radical (unpaired) electrons. The Morgan fingerprint density at radius 3 is 2.67 bits per heavy atom. The third kappa shape index (κ3) is 5.10. The SMILES string of the molecule is CNc1ncccc1C(=O)NC[C@@H]1CC[C@H](CC(=O)N2CCOCC2)N1CC1CC1. The molecule has 1 aromatic heterocycles. The van der Waals surface area contributed by atoms with Crippen molar-refractivity contribution in [1.82, 2.24) is 20.1 Å². The first-order valence-corrected chi connectivity index (χ1v) is 11.2. The van der Waals surface area contributed by atoms with Gasteiger partial charge in [-0.1, -0.05) is 0 Å². The molecule has 30 heavy (non-hydrogen) atoms. The molecule has 2 N–H and O–H groups in total. The Hall–Kier alpha value is -2.19. The molecule has 0 spiro atoms. The summed E-state index contributed by atoms with van der Waals surface area (Å²) in [6, 6.07) is 4.12. The summed E-state index contributed by atoms with van der Waals surface area (Å²) in [5.74, 6) is 1.47. The Bertz CT molecular complexity index is 748. The van der Waals surface area contributed by atoms with E-state index in [1.807, 2.05) is 4.90 Å². The molecule has 0 aromatic carbocycles. The molecule has 2 aliphatic heterocycles. The van der Waals surface area contributed by atoms with Crippen LogP contribution in [-0.4, -0.2) is 85.1 Å². The van der Waals surface area contributed by atoms with Gasteiger partial charge >= 0.3 is 0 Å². The van der Waals surface area contributed by atoms with Gasteiger partial charge in [0.1, 0.15) is 5.82 Å². The van der Waals surface area contributed by atoms with Gasteiger partial charge in [-0.05, 0) is 43.7 Å². The van der Waals surface area contributed by atoms with E-state index in [2.05, 4.69) is 20.5 Å². The minimum absolute atomic E-state index is 0.105. The van der Waals surface area contributed by atoms with Crippen molar-refractivity contribution in [1.29, 1.82) is 0 Å². The predicted molar refractivity (Wildman–Crippen MR) is 114 cm³/mol. The fourth-order valence-electron chi connectivity index (χ4n) is 4.59. The first kappa shape index (κ1) is 21.1. The number of anilines is 1. The summed E-state index contributed by atoms with van der Waals surface area (Å²) in [6.45, 7) is 4.32. The minimum atomic E-state index is -0.105.